The van der Waals surface area contributed by atoms with Gasteiger partial charge in [0, 0.05) is 11.1 Å². The molecule has 16 heavy (non-hydrogen) atoms. The Morgan fingerprint density at radius 1 is 0.875 bits per heavy atom. The van der Waals surface area contributed by atoms with Crippen LogP contribution in [0.5, 0.6) is 0 Å². The van der Waals surface area contributed by atoms with E-state index < -0.39 is 0 Å². The maximum atomic E-state index is 5.69. The second-order valence-electron chi connectivity index (χ2n) is 3.87. The standard InChI is InChI=1S/C15H12O/c1-2-6-12(7-3-1)10-15-14-9-5-4-8-13(14)11-16-15/h1-10H,11H2/b15-10+. The van der Waals surface area contributed by atoms with Gasteiger partial charge in [-0.15, -0.1) is 0 Å². The van der Waals surface area contributed by atoms with Crippen molar-refractivity contribution >= 4 is 11.8 Å². The van der Waals surface area contributed by atoms with Crippen molar-refractivity contribution in [1.29, 1.82) is 0 Å². The molecule has 0 N–H and O–H groups in total. The summed E-state index contributed by atoms with van der Waals surface area (Å²) in [6.45, 7) is 0.689. The SMILES string of the molecule is C(=C1\OCc2ccccc21)/c1ccccc1. The normalized spacial score (nSPS) is 15.9. The molecular weight excluding hydrogens is 196 g/mol. The Labute approximate surface area is 95.0 Å². The van der Waals surface area contributed by atoms with E-state index in [1.54, 1.807) is 0 Å². The van der Waals surface area contributed by atoms with Crippen LogP contribution in [-0.2, 0) is 11.3 Å². The topological polar surface area (TPSA) is 9.23 Å². The average molecular weight is 208 g/mol. The van der Waals surface area contributed by atoms with Crippen LogP contribution in [0.2, 0.25) is 0 Å². The van der Waals surface area contributed by atoms with Crippen molar-refractivity contribution < 1.29 is 4.74 Å². The molecule has 0 saturated carbocycles. The molecule has 1 aliphatic rings. The molecular formula is C15H12O. The molecule has 1 heterocycles. The highest BCUT2D eigenvalue weighted by Gasteiger charge is 2.15. The molecule has 2 aromatic rings. The Bertz CT molecular complexity index is 526. The molecule has 0 atom stereocenters. The molecule has 0 unspecified atom stereocenters. The van der Waals surface area contributed by atoms with E-state index in [1.165, 1.54) is 16.7 Å². The van der Waals surface area contributed by atoms with Crippen molar-refractivity contribution in [2.45, 2.75) is 6.61 Å². The van der Waals surface area contributed by atoms with Gasteiger partial charge in [0.05, 0.1) is 0 Å². The second-order valence-corrected chi connectivity index (χ2v) is 3.87. The van der Waals surface area contributed by atoms with E-state index in [0.29, 0.717) is 6.61 Å². The Balaban J connectivity index is 2.02. The molecule has 1 nitrogen and oxygen atoms in total. The van der Waals surface area contributed by atoms with Crippen molar-refractivity contribution in [2.75, 3.05) is 0 Å². The first-order chi connectivity index (χ1) is 7.93. The minimum atomic E-state index is 0.689. The maximum Gasteiger partial charge on any atom is 0.128 e. The zero-order valence-corrected chi connectivity index (χ0v) is 8.89. The van der Waals surface area contributed by atoms with E-state index in [1.807, 2.05) is 30.3 Å². The van der Waals surface area contributed by atoms with Crippen LogP contribution in [0.4, 0.5) is 0 Å². The molecule has 0 aliphatic carbocycles. The first-order valence-corrected chi connectivity index (χ1v) is 5.41. The highest BCUT2D eigenvalue weighted by Crippen LogP contribution is 2.30. The van der Waals surface area contributed by atoms with E-state index in [4.69, 9.17) is 4.74 Å². The van der Waals surface area contributed by atoms with E-state index in [9.17, 15) is 0 Å². The Morgan fingerprint density at radius 2 is 1.62 bits per heavy atom. The van der Waals surface area contributed by atoms with Gasteiger partial charge in [0.15, 0.2) is 0 Å². The van der Waals surface area contributed by atoms with Crippen LogP contribution < -0.4 is 0 Å². The zero-order chi connectivity index (χ0) is 10.8. The lowest BCUT2D eigenvalue weighted by molar-refractivity contribution is 0.287. The minimum Gasteiger partial charge on any atom is -0.488 e. The molecule has 0 saturated heterocycles. The predicted octanol–water partition coefficient (Wildman–Crippen LogP) is 3.71. The fourth-order valence-corrected chi connectivity index (χ4v) is 1.94. The fourth-order valence-electron chi connectivity index (χ4n) is 1.94. The van der Waals surface area contributed by atoms with E-state index >= 15 is 0 Å². The molecule has 0 radical (unpaired) electrons. The summed E-state index contributed by atoms with van der Waals surface area (Å²) in [5.74, 6) is 0.974. The summed E-state index contributed by atoms with van der Waals surface area (Å²) in [5.41, 5.74) is 3.66. The van der Waals surface area contributed by atoms with Gasteiger partial charge in [0.1, 0.15) is 12.4 Å². The lowest BCUT2D eigenvalue weighted by atomic mass is 10.1. The summed E-state index contributed by atoms with van der Waals surface area (Å²) < 4.78 is 5.69. The monoisotopic (exact) mass is 208 g/mol. The van der Waals surface area contributed by atoms with Gasteiger partial charge in [-0.1, -0.05) is 54.6 Å². The van der Waals surface area contributed by atoms with Gasteiger partial charge in [0.25, 0.3) is 0 Å². The van der Waals surface area contributed by atoms with Gasteiger partial charge in [0.2, 0.25) is 0 Å². The molecule has 0 fully saturated rings. The van der Waals surface area contributed by atoms with Crippen molar-refractivity contribution in [3.8, 4) is 0 Å². The number of fused-ring (bicyclic) bond motifs is 1. The lowest BCUT2D eigenvalue weighted by Crippen LogP contribution is -1.79. The molecule has 0 bridgehead atoms. The first-order valence-electron chi connectivity index (χ1n) is 5.41. The van der Waals surface area contributed by atoms with Crippen molar-refractivity contribution in [1.82, 2.24) is 0 Å². The molecule has 2 aromatic carbocycles. The number of rotatable bonds is 1. The van der Waals surface area contributed by atoms with Gasteiger partial charge in [-0.25, -0.2) is 0 Å². The van der Waals surface area contributed by atoms with E-state index in [0.717, 1.165) is 5.76 Å². The van der Waals surface area contributed by atoms with Gasteiger partial charge >= 0.3 is 0 Å². The predicted molar refractivity (Wildman–Crippen MR) is 65.5 cm³/mol. The molecule has 0 aromatic heterocycles. The van der Waals surface area contributed by atoms with Crippen LogP contribution in [0.1, 0.15) is 16.7 Å². The quantitative estimate of drug-likeness (QED) is 0.694. The van der Waals surface area contributed by atoms with Crippen LogP contribution >= 0.6 is 0 Å². The van der Waals surface area contributed by atoms with E-state index in [2.05, 4.69) is 30.3 Å². The summed E-state index contributed by atoms with van der Waals surface area (Å²) in [6.07, 6.45) is 2.09. The number of hydrogen-bond donors (Lipinski definition) is 0. The molecule has 0 spiro atoms. The third-order valence-electron chi connectivity index (χ3n) is 2.76. The minimum absolute atomic E-state index is 0.689. The highest BCUT2D eigenvalue weighted by atomic mass is 16.5. The number of benzene rings is 2. The molecule has 78 valence electrons. The summed E-state index contributed by atoms with van der Waals surface area (Å²) >= 11 is 0. The Kier molecular flexibility index (Phi) is 2.22. The van der Waals surface area contributed by atoms with Gasteiger partial charge in [-0.3, -0.25) is 0 Å². The average Bonchev–Trinajstić information content (AvgIpc) is 2.74. The van der Waals surface area contributed by atoms with Gasteiger partial charge < -0.3 is 4.74 Å². The lowest BCUT2D eigenvalue weighted by Gasteiger charge is -1.99. The molecule has 0 amide bonds. The summed E-state index contributed by atoms with van der Waals surface area (Å²) in [7, 11) is 0. The van der Waals surface area contributed by atoms with Crippen LogP contribution in [-0.4, -0.2) is 0 Å². The highest BCUT2D eigenvalue weighted by molar-refractivity contribution is 5.80. The number of ether oxygens (including phenoxy) is 1. The van der Waals surface area contributed by atoms with Crippen molar-refractivity contribution in [3.05, 3.63) is 71.3 Å². The molecule has 1 aliphatic heterocycles. The summed E-state index contributed by atoms with van der Waals surface area (Å²) in [4.78, 5) is 0. The third kappa shape index (κ3) is 1.61. The van der Waals surface area contributed by atoms with Crippen molar-refractivity contribution in [3.63, 3.8) is 0 Å². The van der Waals surface area contributed by atoms with Gasteiger partial charge in [-0.2, -0.15) is 0 Å². The van der Waals surface area contributed by atoms with Crippen LogP contribution in [0.3, 0.4) is 0 Å². The largest absolute Gasteiger partial charge is 0.488 e. The molecule has 3 rings (SSSR count). The van der Waals surface area contributed by atoms with Crippen molar-refractivity contribution in [2.24, 2.45) is 0 Å². The van der Waals surface area contributed by atoms with Crippen LogP contribution in [0.25, 0.3) is 11.8 Å². The maximum absolute atomic E-state index is 5.69. The third-order valence-corrected chi connectivity index (χ3v) is 2.76. The van der Waals surface area contributed by atoms with Crippen LogP contribution in [0.15, 0.2) is 54.6 Å². The van der Waals surface area contributed by atoms with E-state index in [-0.39, 0.29) is 0 Å². The fraction of sp³-hybridized carbons (Fsp3) is 0.0667. The summed E-state index contributed by atoms with van der Waals surface area (Å²) in [5, 5.41) is 0. The zero-order valence-electron chi connectivity index (χ0n) is 8.89. The van der Waals surface area contributed by atoms with Gasteiger partial charge in [-0.05, 0) is 11.6 Å². The second kappa shape index (κ2) is 3.86. The first kappa shape index (κ1) is 9.22. The Hall–Kier alpha value is -2.02. The Morgan fingerprint density at radius 3 is 2.50 bits per heavy atom. The smallest absolute Gasteiger partial charge is 0.128 e. The van der Waals surface area contributed by atoms with Crippen LogP contribution in [0, 0.1) is 0 Å². The summed E-state index contributed by atoms with van der Waals surface area (Å²) in [6, 6.07) is 18.6. The number of hydrogen-bond acceptors (Lipinski definition) is 1. The molecule has 1 heteroatoms.